The van der Waals surface area contributed by atoms with Crippen molar-refractivity contribution < 1.29 is 14.3 Å². The number of carbonyl (C=O) groups is 1. The van der Waals surface area contributed by atoms with E-state index in [2.05, 4.69) is 0 Å². The van der Waals surface area contributed by atoms with Gasteiger partial charge in [-0.2, -0.15) is 0 Å². The molecule has 0 saturated heterocycles. The largest absolute Gasteiger partial charge is 0.491 e. The number of hydrogen-bond donors (Lipinski definition) is 0. The monoisotopic (exact) mass is 221 g/mol. The Morgan fingerprint density at radius 2 is 2.31 bits per heavy atom. The average Bonchev–Trinajstić information content (AvgIpc) is 2.51. The summed E-state index contributed by atoms with van der Waals surface area (Å²) in [5.74, 6) is 0.741. The molecule has 1 aliphatic rings. The molecular formula is C12H15NO3. The Hall–Kier alpha value is -1.55. The highest BCUT2D eigenvalue weighted by atomic mass is 16.5. The predicted molar refractivity (Wildman–Crippen MR) is 60.8 cm³/mol. The minimum absolute atomic E-state index is 0.0274. The van der Waals surface area contributed by atoms with E-state index in [0.717, 1.165) is 17.9 Å². The van der Waals surface area contributed by atoms with Crippen LogP contribution in [0.15, 0.2) is 24.3 Å². The molecule has 1 heterocycles. The van der Waals surface area contributed by atoms with E-state index in [-0.39, 0.29) is 12.5 Å². The van der Waals surface area contributed by atoms with Gasteiger partial charge in [0.25, 0.3) is 5.91 Å². The third-order valence-corrected chi connectivity index (χ3v) is 2.51. The fraction of sp³-hybridized carbons (Fsp3) is 0.417. The zero-order valence-electron chi connectivity index (χ0n) is 9.31. The van der Waals surface area contributed by atoms with Crippen molar-refractivity contribution in [2.24, 2.45) is 0 Å². The van der Waals surface area contributed by atoms with Gasteiger partial charge in [-0.15, -0.1) is 0 Å². The first kappa shape index (κ1) is 11.0. The molecule has 2 rings (SSSR count). The third-order valence-electron chi connectivity index (χ3n) is 2.51. The van der Waals surface area contributed by atoms with E-state index >= 15 is 0 Å². The molecule has 0 fully saturated rings. The zero-order chi connectivity index (χ0) is 11.4. The van der Waals surface area contributed by atoms with E-state index in [0.29, 0.717) is 13.2 Å². The molecule has 0 spiro atoms. The molecule has 16 heavy (non-hydrogen) atoms. The first-order valence-electron chi connectivity index (χ1n) is 5.34. The molecular weight excluding hydrogens is 206 g/mol. The van der Waals surface area contributed by atoms with Gasteiger partial charge >= 0.3 is 0 Å². The van der Waals surface area contributed by atoms with Gasteiger partial charge < -0.3 is 14.4 Å². The molecule has 0 aliphatic carbocycles. The normalized spacial score (nSPS) is 14.9. The van der Waals surface area contributed by atoms with Gasteiger partial charge in [0.1, 0.15) is 12.4 Å². The Labute approximate surface area is 94.8 Å². The molecule has 4 nitrogen and oxygen atoms in total. The quantitative estimate of drug-likeness (QED) is 0.758. The van der Waals surface area contributed by atoms with Crippen LogP contribution in [-0.4, -0.2) is 32.8 Å². The lowest BCUT2D eigenvalue weighted by Crippen LogP contribution is -2.34. The van der Waals surface area contributed by atoms with Gasteiger partial charge in [-0.3, -0.25) is 4.79 Å². The summed E-state index contributed by atoms with van der Waals surface area (Å²) in [5, 5.41) is 0. The van der Waals surface area contributed by atoms with Crippen molar-refractivity contribution in [3.8, 4) is 5.75 Å². The summed E-state index contributed by atoms with van der Waals surface area (Å²) in [7, 11) is 1.53. The summed E-state index contributed by atoms with van der Waals surface area (Å²) in [6, 6.07) is 7.59. The van der Waals surface area contributed by atoms with Gasteiger partial charge in [0.2, 0.25) is 0 Å². The average molecular weight is 221 g/mol. The molecule has 0 aromatic heterocycles. The number of benzene rings is 1. The van der Waals surface area contributed by atoms with Crippen molar-refractivity contribution in [3.63, 3.8) is 0 Å². The summed E-state index contributed by atoms with van der Waals surface area (Å²) in [6.45, 7) is 1.43. The van der Waals surface area contributed by atoms with Crippen LogP contribution in [0, 0.1) is 0 Å². The number of ether oxygens (including phenoxy) is 2. The van der Waals surface area contributed by atoms with Gasteiger partial charge in [0, 0.05) is 13.7 Å². The van der Waals surface area contributed by atoms with E-state index in [4.69, 9.17) is 9.47 Å². The molecule has 1 aliphatic heterocycles. The second kappa shape index (κ2) is 4.99. The van der Waals surface area contributed by atoms with Crippen LogP contribution in [0.3, 0.4) is 0 Å². The van der Waals surface area contributed by atoms with Gasteiger partial charge in [-0.05, 0) is 18.6 Å². The number of para-hydroxylation sites is 2. The lowest BCUT2D eigenvalue weighted by molar-refractivity contribution is -0.122. The number of methoxy groups -OCH3 is 1. The summed E-state index contributed by atoms with van der Waals surface area (Å²) < 4.78 is 10.5. The molecule has 0 radical (unpaired) electrons. The van der Waals surface area contributed by atoms with Crippen LogP contribution in [0.4, 0.5) is 5.69 Å². The maximum atomic E-state index is 11.9. The number of amides is 1. The van der Waals surface area contributed by atoms with Crippen LogP contribution >= 0.6 is 0 Å². The Bertz CT molecular complexity index is 378. The van der Waals surface area contributed by atoms with Gasteiger partial charge in [0.05, 0.1) is 12.3 Å². The first-order chi connectivity index (χ1) is 7.83. The van der Waals surface area contributed by atoms with Crippen LogP contribution in [0.2, 0.25) is 0 Å². The minimum atomic E-state index is -0.0274. The van der Waals surface area contributed by atoms with Gasteiger partial charge in [0.15, 0.2) is 0 Å². The maximum absolute atomic E-state index is 11.9. The van der Waals surface area contributed by atoms with E-state index in [1.165, 1.54) is 7.11 Å². The highest BCUT2D eigenvalue weighted by Crippen LogP contribution is 2.30. The van der Waals surface area contributed by atoms with Crippen molar-refractivity contribution in [1.29, 1.82) is 0 Å². The van der Waals surface area contributed by atoms with Crippen molar-refractivity contribution in [1.82, 2.24) is 0 Å². The third kappa shape index (κ3) is 2.17. The molecule has 1 aromatic rings. The summed E-state index contributed by atoms with van der Waals surface area (Å²) in [5.41, 5.74) is 0.835. The summed E-state index contributed by atoms with van der Waals surface area (Å²) in [4.78, 5) is 13.6. The van der Waals surface area contributed by atoms with E-state index < -0.39 is 0 Å². The molecule has 0 N–H and O–H groups in total. The fourth-order valence-electron chi connectivity index (χ4n) is 1.79. The molecule has 4 heteroatoms. The smallest absolute Gasteiger partial charge is 0.253 e. The van der Waals surface area contributed by atoms with Crippen LogP contribution < -0.4 is 9.64 Å². The molecule has 1 amide bonds. The number of rotatable bonds is 2. The number of fused-ring (bicyclic) bond motifs is 1. The zero-order valence-corrected chi connectivity index (χ0v) is 9.31. The second-order valence-electron chi connectivity index (χ2n) is 3.65. The lowest BCUT2D eigenvalue weighted by atomic mass is 10.2. The first-order valence-corrected chi connectivity index (χ1v) is 5.34. The predicted octanol–water partition coefficient (Wildman–Crippen LogP) is 1.45. The highest BCUT2D eigenvalue weighted by molar-refractivity contribution is 5.95. The van der Waals surface area contributed by atoms with Crippen molar-refractivity contribution >= 4 is 11.6 Å². The van der Waals surface area contributed by atoms with Crippen LogP contribution in [0.5, 0.6) is 5.75 Å². The Morgan fingerprint density at radius 3 is 3.12 bits per heavy atom. The van der Waals surface area contributed by atoms with Gasteiger partial charge in [-0.1, -0.05) is 12.1 Å². The van der Waals surface area contributed by atoms with Gasteiger partial charge in [-0.25, -0.2) is 0 Å². The standard InChI is InChI=1S/C12H15NO3/c1-15-9-12(14)13-7-4-8-16-11-6-3-2-5-10(11)13/h2-3,5-6H,4,7-9H2,1H3. The number of nitrogens with zero attached hydrogens (tertiary/aromatic N) is 1. The molecule has 86 valence electrons. The van der Waals surface area contributed by atoms with Crippen molar-refractivity contribution in [2.75, 3.05) is 31.8 Å². The van der Waals surface area contributed by atoms with E-state index in [9.17, 15) is 4.79 Å². The lowest BCUT2D eigenvalue weighted by Gasteiger charge is -2.21. The van der Waals surface area contributed by atoms with Crippen LogP contribution in [0.1, 0.15) is 6.42 Å². The molecule has 0 saturated carbocycles. The second-order valence-corrected chi connectivity index (χ2v) is 3.65. The van der Waals surface area contributed by atoms with Crippen LogP contribution in [0.25, 0.3) is 0 Å². The van der Waals surface area contributed by atoms with E-state index in [1.54, 1.807) is 4.90 Å². The Kier molecular flexibility index (Phi) is 3.41. The van der Waals surface area contributed by atoms with Crippen LogP contribution in [-0.2, 0) is 9.53 Å². The fourth-order valence-corrected chi connectivity index (χ4v) is 1.79. The number of anilines is 1. The molecule has 1 aromatic carbocycles. The summed E-state index contributed by atoms with van der Waals surface area (Å²) >= 11 is 0. The van der Waals surface area contributed by atoms with Crippen molar-refractivity contribution in [2.45, 2.75) is 6.42 Å². The topological polar surface area (TPSA) is 38.8 Å². The number of hydrogen-bond acceptors (Lipinski definition) is 3. The molecule has 0 unspecified atom stereocenters. The van der Waals surface area contributed by atoms with E-state index in [1.807, 2.05) is 24.3 Å². The van der Waals surface area contributed by atoms with Crippen molar-refractivity contribution in [3.05, 3.63) is 24.3 Å². The Balaban J connectivity index is 2.28. The molecule has 0 atom stereocenters. The Morgan fingerprint density at radius 1 is 1.50 bits per heavy atom. The highest BCUT2D eigenvalue weighted by Gasteiger charge is 2.21. The SMILES string of the molecule is COCC(=O)N1CCCOc2ccccc21. The molecule has 0 bridgehead atoms. The minimum Gasteiger partial charge on any atom is -0.491 e. The summed E-state index contributed by atoms with van der Waals surface area (Å²) in [6.07, 6.45) is 0.837. The number of carbonyl (C=O) groups excluding carboxylic acids is 1. The maximum Gasteiger partial charge on any atom is 0.253 e.